The third-order valence-electron chi connectivity index (χ3n) is 2.37. The van der Waals surface area contributed by atoms with E-state index in [0.29, 0.717) is 18.8 Å². The van der Waals surface area contributed by atoms with Crippen molar-refractivity contribution in [1.29, 1.82) is 0 Å². The highest BCUT2D eigenvalue weighted by Gasteiger charge is 2.12. The first-order valence-electron chi connectivity index (χ1n) is 5.60. The van der Waals surface area contributed by atoms with Gasteiger partial charge >= 0.3 is 5.97 Å². The fourth-order valence-electron chi connectivity index (χ4n) is 1.39. The van der Waals surface area contributed by atoms with E-state index < -0.39 is 4.92 Å². The van der Waals surface area contributed by atoms with E-state index in [1.807, 2.05) is 0 Å². The summed E-state index contributed by atoms with van der Waals surface area (Å²) in [4.78, 5) is 21.0. The molecule has 0 saturated carbocycles. The first-order chi connectivity index (χ1) is 9.08. The highest BCUT2D eigenvalue weighted by Crippen LogP contribution is 2.31. The number of carbonyl (C=O) groups is 1. The second-order valence-electron chi connectivity index (χ2n) is 3.62. The molecule has 0 aliphatic rings. The molecule has 1 rings (SSSR count). The average molecular weight is 269 g/mol. The molecule has 0 N–H and O–H groups in total. The molecule has 0 amide bonds. The molecule has 0 bridgehead atoms. The lowest BCUT2D eigenvalue weighted by Crippen LogP contribution is -2.05. The number of esters is 1. The Morgan fingerprint density at radius 3 is 2.63 bits per heavy atom. The summed E-state index contributed by atoms with van der Waals surface area (Å²) in [5.41, 5.74) is -0.0706. The van der Waals surface area contributed by atoms with E-state index in [1.54, 1.807) is 0 Å². The fraction of sp³-hybridized carbons (Fsp3) is 0.417. The molecule has 0 aliphatic heterocycles. The largest absolute Gasteiger partial charge is 0.493 e. The van der Waals surface area contributed by atoms with Gasteiger partial charge in [-0.1, -0.05) is 0 Å². The van der Waals surface area contributed by atoms with Gasteiger partial charge in [-0.2, -0.15) is 0 Å². The number of nitro groups is 1. The van der Waals surface area contributed by atoms with Crippen LogP contribution in [0, 0.1) is 10.1 Å². The quantitative estimate of drug-likeness (QED) is 0.325. The second-order valence-corrected chi connectivity index (χ2v) is 3.62. The number of nitrogens with zero attached hydrogens (tertiary/aromatic N) is 1. The predicted molar refractivity (Wildman–Crippen MR) is 66.4 cm³/mol. The highest BCUT2D eigenvalue weighted by molar-refractivity contribution is 5.69. The summed E-state index contributed by atoms with van der Waals surface area (Å²) in [5, 5.41) is 10.6. The van der Waals surface area contributed by atoms with Crippen LogP contribution in [0.2, 0.25) is 0 Å². The Morgan fingerprint density at radius 1 is 1.32 bits per heavy atom. The van der Waals surface area contributed by atoms with E-state index in [1.165, 1.54) is 32.4 Å². The van der Waals surface area contributed by atoms with Crippen LogP contribution in [0.5, 0.6) is 11.5 Å². The van der Waals surface area contributed by atoms with Gasteiger partial charge in [-0.15, -0.1) is 0 Å². The first kappa shape index (κ1) is 14.7. The molecule has 0 aromatic heterocycles. The lowest BCUT2D eigenvalue weighted by Gasteiger charge is -2.09. The second kappa shape index (κ2) is 7.20. The number of hydrogen-bond acceptors (Lipinski definition) is 6. The van der Waals surface area contributed by atoms with Crippen LogP contribution in [-0.4, -0.2) is 31.7 Å². The summed E-state index contributed by atoms with van der Waals surface area (Å²) in [6, 6.07) is 4.09. The van der Waals surface area contributed by atoms with Crippen molar-refractivity contribution in [2.24, 2.45) is 0 Å². The SMILES string of the molecule is COC(=O)CCCOc1ccc([N+](=O)[O-])cc1OC. The van der Waals surface area contributed by atoms with E-state index in [9.17, 15) is 14.9 Å². The highest BCUT2D eigenvalue weighted by atomic mass is 16.6. The van der Waals surface area contributed by atoms with Gasteiger partial charge in [-0.05, 0) is 12.5 Å². The topological polar surface area (TPSA) is 87.9 Å². The zero-order valence-electron chi connectivity index (χ0n) is 10.8. The van der Waals surface area contributed by atoms with Crippen molar-refractivity contribution in [2.45, 2.75) is 12.8 Å². The van der Waals surface area contributed by atoms with E-state index in [-0.39, 0.29) is 23.8 Å². The van der Waals surface area contributed by atoms with Gasteiger partial charge in [0.2, 0.25) is 0 Å². The predicted octanol–water partition coefficient (Wildman–Crippen LogP) is 1.94. The van der Waals surface area contributed by atoms with Gasteiger partial charge in [0, 0.05) is 12.5 Å². The lowest BCUT2D eigenvalue weighted by atomic mass is 10.3. The Bertz CT molecular complexity index is 460. The standard InChI is InChI=1S/C12H15NO6/c1-17-11-8-9(13(15)16)5-6-10(11)19-7-3-4-12(14)18-2/h5-6,8H,3-4,7H2,1-2H3. The molecule has 0 heterocycles. The van der Waals surface area contributed by atoms with Crippen LogP contribution in [-0.2, 0) is 9.53 Å². The molecule has 1 aromatic carbocycles. The van der Waals surface area contributed by atoms with E-state index >= 15 is 0 Å². The molecule has 7 heteroatoms. The van der Waals surface area contributed by atoms with E-state index in [0.717, 1.165) is 0 Å². The zero-order chi connectivity index (χ0) is 14.3. The maximum atomic E-state index is 10.9. The number of carbonyl (C=O) groups excluding carboxylic acids is 1. The Morgan fingerprint density at radius 2 is 2.05 bits per heavy atom. The van der Waals surface area contributed by atoms with Crippen LogP contribution < -0.4 is 9.47 Å². The van der Waals surface area contributed by atoms with Crippen molar-refractivity contribution < 1.29 is 23.9 Å². The zero-order valence-corrected chi connectivity index (χ0v) is 10.8. The summed E-state index contributed by atoms with van der Waals surface area (Å²) in [7, 11) is 2.73. The Kier molecular flexibility index (Phi) is 5.59. The molecular weight excluding hydrogens is 254 g/mol. The summed E-state index contributed by atoms with van der Waals surface area (Å²) in [6.07, 6.45) is 0.749. The van der Waals surface area contributed by atoms with Crippen molar-refractivity contribution in [3.8, 4) is 11.5 Å². The first-order valence-corrected chi connectivity index (χ1v) is 5.60. The van der Waals surface area contributed by atoms with Gasteiger partial charge in [-0.3, -0.25) is 14.9 Å². The molecular formula is C12H15NO6. The van der Waals surface area contributed by atoms with Crippen molar-refractivity contribution in [3.05, 3.63) is 28.3 Å². The average Bonchev–Trinajstić information content (AvgIpc) is 2.42. The van der Waals surface area contributed by atoms with Crippen molar-refractivity contribution in [1.82, 2.24) is 0 Å². The number of methoxy groups -OCH3 is 2. The normalized spacial score (nSPS) is 9.79. The molecule has 0 spiro atoms. The smallest absolute Gasteiger partial charge is 0.305 e. The van der Waals surface area contributed by atoms with E-state index in [2.05, 4.69) is 4.74 Å². The maximum absolute atomic E-state index is 10.9. The Labute approximate surface area is 110 Å². The summed E-state index contributed by atoms with van der Waals surface area (Å²) >= 11 is 0. The number of rotatable bonds is 7. The molecule has 104 valence electrons. The minimum atomic E-state index is -0.510. The monoisotopic (exact) mass is 269 g/mol. The number of hydrogen-bond donors (Lipinski definition) is 0. The molecule has 7 nitrogen and oxygen atoms in total. The summed E-state index contributed by atoms with van der Waals surface area (Å²) in [5.74, 6) is 0.379. The van der Waals surface area contributed by atoms with Crippen LogP contribution in [0.3, 0.4) is 0 Å². The molecule has 0 fully saturated rings. The minimum Gasteiger partial charge on any atom is -0.493 e. The van der Waals surface area contributed by atoms with Crippen LogP contribution in [0.1, 0.15) is 12.8 Å². The van der Waals surface area contributed by atoms with Crippen LogP contribution in [0.15, 0.2) is 18.2 Å². The number of non-ortho nitro benzene ring substituents is 1. The van der Waals surface area contributed by atoms with Gasteiger partial charge in [0.25, 0.3) is 5.69 Å². The Hall–Kier alpha value is -2.31. The molecule has 0 radical (unpaired) electrons. The van der Waals surface area contributed by atoms with Crippen molar-refractivity contribution in [2.75, 3.05) is 20.8 Å². The fourth-order valence-corrected chi connectivity index (χ4v) is 1.39. The van der Waals surface area contributed by atoms with E-state index in [4.69, 9.17) is 9.47 Å². The van der Waals surface area contributed by atoms with Crippen LogP contribution in [0.4, 0.5) is 5.69 Å². The van der Waals surface area contributed by atoms with Gasteiger partial charge < -0.3 is 14.2 Å². The molecule has 0 aliphatic carbocycles. The molecule has 0 atom stereocenters. The molecule has 0 saturated heterocycles. The minimum absolute atomic E-state index is 0.0706. The van der Waals surface area contributed by atoms with Gasteiger partial charge in [0.05, 0.1) is 31.8 Å². The van der Waals surface area contributed by atoms with Crippen molar-refractivity contribution >= 4 is 11.7 Å². The number of ether oxygens (including phenoxy) is 3. The van der Waals surface area contributed by atoms with Gasteiger partial charge in [0.1, 0.15) is 0 Å². The third kappa shape index (κ3) is 4.46. The maximum Gasteiger partial charge on any atom is 0.305 e. The van der Waals surface area contributed by atoms with Crippen LogP contribution in [0.25, 0.3) is 0 Å². The van der Waals surface area contributed by atoms with Crippen molar-refractivity contribution in [3.63, 3.8) is 0 Å². The summed E-state index contributed by atoms with van der Waals surface area (Å²) in [6.45, 7) is 0.295. The third-order valence-corrected chi connectivity index (χ3v) is 2.37. The summed E-state index contributed by atoms with van der Waals surface area (Å²) < 4.78 is 14.9. The van der Waals surface area contributed by atoms with Crippen LogP contribution >= 0.6 is 0 Å². The molecule has 19 heavy (non-hydrogen) atoms. The number of benzene rings is 1. The number of nitro benzene ring substituents is 1. The molecule has 0 unspecified atom stereocenters. The lowest BCUT2D eigenvalue weighted by molar-refractivity contribution is -0.385. The van der Waals surface area contributed by atoms with Gasteiger partial charge in [0.15, 0.2) is 11.5 Å². The molecule has 1 aromatic rings. The Balaban J connectivity index is 2.58. The van der Waals surface area contributed by atoms with Gasteiger partial charge in [-0.25, -0.2) is 0 Å².